The number of rotatable bonds is 6. The van der Waals surface area contributed by atoms with Crippen molar-refractivity contribution in [3.05, 3.63) is 24.3 Å². The van der Waals surface area contributed by atoms with Gasteiger partial charge in [0.05, 0.1) is 19.6 Å². The quantitative estimate of drug-likeness (QED) is 0.836. The molecule has 7 nitrogen and oxygen atoms in total. The summed E-state index contributed by atoms with van der Waals surface area (Å²) in [4.78, 5) is 23.7. The molecule has 7 heteroatoms. The number of carboxylic acid groups (broad SMARTS) is 1. The molecular formula is C15H20N2O5. The largest absolute Gasteiger partial charge is 0.488 e. The Balaban J connectivity index is 1.82. The van der Waals surface area contributed by atoms with Crippen molar-refractivity contribution in [1.29, 1.82) is 0 Å². The van der Waals surface area contributed by atoms with Gasteiger partial charge in [-0.15, -0.1) is 0 Å². The van der Waals surface area contributed by atoms with Crippen LogP contribution in [0.4, 0.5) is 10.5 Å². The van der Waals surface area contributed by atoms with E-state index >= 15 is 0 Å². The van der Waals surface area contributed by atoms with E-state index in [-0.39, 0.29) is 25.1 Å². The summed E-state index contributed by atoms with van der Waals surface area (Å²) in [6.07, 6.45) is 0.884. The zero-order chi connectivity index (χ0) is 15.9. The zero-order valence-electron chi connectivity index (χ0n) is 12.4. The van der Waals surface area contributed by atoms with E-state index in [9.17, 15) is 9.59 Å². The number of carbonyl (C=O) groups excluding carboxylic acids is 1. The molecular weight excluding hydrogens is 288 g/mol. The molecule has 0 radical (unpaired) electrons. The third-order valence-electron chi connectivity index (χ3n) is 3.30. The minimum atomic E-state index is -0.933. The van der Waals surface area contributed by atoms with Gasteiger partial charge in [0, 0.05) is 25.7 Å². The fourth-order valence-electron chi connectivity index (χ4n) is 2.00. The van der Waals surface area contributed by atoms with Gasteiger partial charge in [0.1, 0.15) is 11.9 Å². The molecule has 0 aliphatic carbocycles. The van der Waals surface area contributed by atoms with Crippen LogP contribution in [0.3, 0.4) is 0 Å². The topological polar surface area (TPSA) is 88.1 Å². The highest BCUT2D eigenvalue weighted by Gasteiger charge is 2.17. The van der Waals surface area contributed by atoms with Gasteiger partial charge >= 0.3 is 12.0 Å². The predicted molar refractivity (Wildman–Crippen MR) is 80.2 cm³/mol. The molecule has 2 N–H and O–H groups in total. The molecule has 1 aromatic rings. The molecule has 0 aromatic heterocycles. The van der Waals surface area contributed by atoms with Crippen LogP contribution in [0.5, 0.6) is 5.75 Å². The summed E-state index contributed by atoms with van der Waals surface area (Å²) in [5.41, 5.74) is 0.627. The predicted octanol–water partition coefficient (Wildman–Crippen LogP) is 1.79. The van der Waals surface area contributed by atoms with Crippen molar-refractivity contribution >= 4 is 17.7 Å². The Morgan fingerprint density at radius 2 is 2.14 bits per heavy atom. The summed E-state index contributed by atoms with van der Waals surface area (Å²) in [6, 6.07) is 6.71. The number of nitrogens with one attached hydrogen (secondary N) is 1. The van der Waals surface area contributed by atoms with Crippen molar-refractivity contribution in [2.45, 2.75) is 18.9 Å². The van der Waals surface area contributed by atoms with Gasteiger partial charge in [-0.05, 0) is 24.3 Å². The minimum absolute atomic E-state index is 0.0832. The lowest BCUT2D eigenvalue weighted by Crippen LogP contribution is -2.33. The fourth-order valence-corrected chi connectivity index (χ4v) is 2.00. The highest BCUT2D eigenvalue weighted by molar-refractivity contribution is 5.89. The lowest BCUT2D eigenvalue weighted by atomic mass is 10.3. The van der Waals surface area contributed by atoms with Crippen LogP contribution >= 0.6 is 0 Å². The summed E-state index contributed by atoms with van der Waals surface area (Å²) < 4.78 is 11.0. The third-order valence-corrected chi connectivity index (χ3v) is 3.30. The first-order chi connectivity index (χ1) is 10.5. The van der Waals surface area contributed by atoms with E-state index in [0.717, 1.165) is 18.8 Å². The van der Waals surface area contributed by atoms with Gasteiger partial charge in [-0.25, -0.2) is 4.79 Å². The number of urea groups is 1. The summed E-state index contributed by atoms with van der Waals surface area (Å²) >= 11 is 0. The lowest BCUT2D eigenvalue weighted by Gasteiger charge is -2.17. The van der Waals surface area contributed by atoms with Gasteiger partial charge in [0.15, 0.2) is 0 Å². The average molecular weight is 308 g/mol. The Bertz CT molecular complexity index is 511. The Hall–Kier alpha value is -2.28. The number of anilines is 1. The molecule has 2 amide bonds. The standard InChI is InChI=1S/C15H20N2O5/c1-17(8-6-14(18)19)15(20)16-11-2-4-12(5-3-11)22-13-7-9-21-10-13/h2-5,13H,6-10H2,1H3,(H,16,20)(H,18,19). The van der Waals surface area contributed by atoms with E-state index in [1.54, 1.807) is 31.3 Å². The zero-order valence-corrected chi connectivity index (χ0v) is 12.4. The molecule has 0 spiro atoms. The number of hydrogen-bond acceptors (Lipinski definition) is 4. The molecule has 1 aliphatic rings. The number of hydrogen-bond donors (Lipinski definition) is 2. The second kappa shape index (κ2) is 7.65. The molecule has 22 heavy (non-hydrogen) atoms. The number of nitrogens with zero attached hydrogens (tertiary/aromatic N) is 1. The van der Waals surface area contributed by atoms with Gasteiger partial charge < -0.3 is 24.8 Å². The molecule has 1 fully saturated rings. The maximum atomic E-state index is 11.9. The van der Waals surface area contributed by atoms with Crippen LogP contribution in [0.25, 0.3) is 0 Å². The van der Waals surface area contributed by atoms with Crippen LogP contribution in [0.2, 0.25) is 0 Å². The normalized spacial score (nSPS) is 17.0. The first kappa shape index (κ1) is 16.1. The fraction of sp³-hybridized carbons (Fsp3) is 0.467. The smallest absolute Gasteiger partial charge is 0.321 e. The maximum absolute atomic E-state index is 11.9. The van der Waals surface area contributed by atoms with Gasteiger partial charge in [0.2, 0.25) is 0 Å². The molecule has 1 unspecified atom stereocenters. The van der Waals surface area contributed by atoms with Crippen molar-refractivity contribution in [2.24, 2.45) is 0 Å². The van der Waals surface area contributed by atoms with E-state index in [1.807, 2.05) is 0 Å². The van der Waals surface area contributed by atoms with Crippen molar-refractivity contribution in [3.63, 3.8) is 0 Å². The van der Waals surface area contributed by atoms with Gasteiger partial charge in [0.25, 0.3) is 0 Å². The van der Waals surface area contributed by atoms with Crippen LogP contribution < -0.4 is 10.1 Å². The SMILES string of the molecule is CN(CCC(=O)O)C(=O)Nc1ccc(OC2CCOC2)cc1. The molecule has 0 saturated carbocycles. The van der Waals surface area contributed by atoms with Crippen LogP contribution in [-0.4, -0.2) is 54.9 Å². The maximum Gasteiger partial charge on any atom is 0.321 e. The van der Waals surface area contributed by atoms with E-state index in [2.05, 4.69) is 5.32 Å². The number of carboxylic acids is 1. The van der Waals surface area contributed by atoms with E-state index in [0.29, 0.717) is 12.3 Å². The van der Waals surface area contributed by atoms with Crippen LogP contribution in [-0.2, 0) is 9.53 Å². The van der Waals surface area contributed by atoms with Crippen molar-refractivity contribution in [1.82, 2.24) is 4.90 Å². The Labute approximate surface area is 128 Å². The second-order valence-electron chi connectivity index (χ2n) is 5.12. The van der Waals surface area contributed by atoms with Gasteiger partial charge in [-0.2, -0.15) is 0 Å². The third kappa shape index (κ3) is 4.92. The first-order valence-electron chi connectivity index (χ1n) is 7.13. The Kier molecular flexibility index (Phi) is 5.60. The lowest BCUT2D eigenvalue weighted by molar-refractivity contribution is -0.137. The van der Waals surface area contributed by atoms with E-state index in [1.165, 1.54) is 4.90 Å². The molecule has 1 saturated heterocycles. The van der Waals surface area contributed by atoms with Crippen molar-refractivity contribution in [2.75, 3.05) is 32.1 Å². The van der Waals surface area contributed by atoms with Crippen molar-refractivity contribution < 1.29 is 24.2 Å². The Morgan fingerprint density at radius 1 is 1.41 bits per heavy atom. The summed E-state index contributed by atoms with van der Waals surface area (Å²) in [7, 11) is 1.55. The number of carbonyl (C=O) groups is 2. The molecule has 1 aliphatic heterocycles. The highest BCUT2D eigenvalue weighted by atomic mass is 16.5. The van der Waals surface area contributed by atoms with Crippen LogP contribution in [0, 0.1) is 0 Å². The summed E-state index contributed by atoms with van der Waals surface area (Å²) in [6.45, 7) is 1.48. The summed E-state index contributed by atoms with van der Waals surface area (Å²) in [5.74, 6) is -0.204. The number of benzene rings is 1. The number of amides is 2. The van der Waals surface area contributed by atoms with Crippen molar-refractivity contribution in [3.8, 4) is 5.75 Å². The number of aliphatic carboxylic acids is 1. The highest BCUT2D eigenvalue weighted by Crippen LogP contribution is 2.19. The monoisotopic (exact) mass is 308 g/mol. The molecule has 1 heterocycles. The molecule has 0 bridgehead atoms. The minimum Gasteiger partial charge on any atom is -0.488 e. The van der Waals surface area contributed by atoms with Gasteiger partial charge in [-0.1, -0.05) is 0 Å². The molecule has 120 valence electrons. The molecule has 1 aromatic carbocycles. The number of ether oxygens (including phenoxy) is 2. The van der Waals surface area contributed by atoms with Gasteiger partial charge in [-0.3, -0.25) is 4.79 Å². The van der Waals surface area contributed by atoms with Crippen LogP contribution in [0.15, 0.2) is 24.3 Å². The summed E-state index contributed by atoms with van der Waals surface area (Å²) in [5, 5.41) is 11.3. The molecule has 1 atom stereocenters. The van der Waals surface area contributed by atoms with Crippen LogP contribution in [0.1, 0.15) is 12.8 Å². The first-order valence-corrected chi connectivity index (χ1v) is 7.13. The molecule has 2 rings (SSSR count). The Morgan fingerprint density at radius 3 is 2.73 bits per heavy atom. The second-order valence-corrected chi connectivity index (χ2v) is 5.12. The van der Waals surface area contributed by atoms with E-state index in [4.69, 9.17) is 14.6 Å². The average Bonchev–Trinajstić information content (AvgIpc) is 2.99. The van der Waals surface area contributed by atoms with E-state index < -0.39 is 5.97 Å².